The molecular weight excluding hydrogens is 348 g/mol. The molecule has 0 bridgehead atoms. The van der Waals surface area contributed by atoms with E-state index in [1.54, 1.807) is 32.0 Å². The van der Waals surface area contributed by atoms with Crippen molar-refractivity contribution in [3.63, 3.8) is 0 Å². The van der Waals surface area contributed by atoms with Crippen LogP contribution in [0.5, 0.6) is 0 Å². The highest BCUT2D eigenvalue weighted by atomic mass is 79.9. The van der Waals surface area contributed by atoms with Crippen molar-refractivity contribution in [3.8, 4) is 6.07 Å². The van der Waals surface area contributed by atoms with E-state index >= 15 is 0 Å². The molecule has 1 aliphatic heterocycles. The summed E-state index contributed by atoms with van der Waals surface area (Å²) >= 11 is 3.37. The normalized spacial score (nSPS) is 21.1. The Labute approximate surface area is 137 Å². The van der Waals surface area contributed by atoms with Crippen molar-refractivity contribution in [2.24, 2.45) is 5.92 Å². The summed E-state index contributed by atoms with van der Waals surface area (Å²) in [6, 6.07) is 9.25. The van der Waals surface area contributed by atoms with Crippen LogP contribution < -0.4 is 5.32 Å². The van der Waals surface area contributed by atoms with E-state index in [9.17, 15) is 14.9 Å². The van der Waals surface area contributed by atoms with Gasteiger partial charge in [0.1, 0.15) is 5.92 Å². The van der Waals surface area contributed by atoms with Crippen LogP contribution in [0.15, 0.2) is 40.0 Å². The standard InChI is InChI=1S/C16H15BrN2O3/c1-3-22-16(21)13-9(2)19-15(20)12(8-18)14(13)10-5-4-6-11(17)7-10/h4-7,12,14H,3H2,1-2H3,(H,19,20)/t12?,14-/m1/s1. The van der Waals surface area contributed by atoms with Crippen LogP contribution in [0.4, 0.5) is 0 Å². The molecule has 6 heteroatoms. The third kappa shape index (κ3) is 3.04. The summed E-state index contributed by atoms with van der Waals surface area (Å²) in [5.74, 6) is -2.53. The Kier molecular flexibility index (Phi) is 4.99. The highest BCUT2D eigenvalue weighted by Gasteiger charge is 2.41. The highest BCUT2D eigenvalue weighted by molar-refractivity contribution is 9.10. The predicted octanol–water partition coefficient (Wildman–Crippen LogP) is 2.64. The van der Waals surface area contributed by atoms with Crippen LogP contribution >= 0.6 is 15.9 Å². The quantitative estimate of drug-likeness (QED) is 0.838. The average Bonchev–Trinajstić information content (AvgIpc) is 2.46. The summed E-state index contributed by atoms with van der Waals surface area (Å²) in [5, 5.41) is 12.0. The molecule has 0 aliphatic carbocycles. The van der Waals surface area contributed by atoms with Crippen molar-refractivity contribution < 1.29 is 14.3 Å². The van der Waals surface area contributed by atoms with Crippen molar-refractivity contribution in [2.45, 2.75) is 19.8 Å². The molecule has 114 valence electrons. The maximum absolute atomic E-state index is 12.3. The minimum absolute atomic E-state index is 0.228. The lowest BCUT2D eigenvalue weighted by molar-refractivity contribution is -0.139. The summed E-state index contributed by atoms with van der Waals surface area (Å²) < 4.78 is 5.91. The van der Waals surface area contributed by atoms with E-state index < -0.39 is 23.7 Å². The molecule has 0 saturated heterocycles. The van der Waals surface area contributed by atoms with Gasteiger partial charge in [-0.05, 0) is 31.5 Å². The fourth-order valence-corrected chi connectivity index (χ4v) is 2.98. The molecule has 1 aromatic rings. The van der Waals surface area contributed by atoms with Gasteiger partial charge in [-0.2, -0.15) is 5.26 Å². The van der Waals surface area contributed by atoms with E-state index in [1.807, 2.05) is 12.1 Å². The Hall–Kier alpha value is -2.13. The zero-order chi connectivity index (χ0) is 16.3. The molecule has 0 radical (unpaired) electrons. The number of ether oxygens (including phenoxy) is 1. The van der Waals surface area contributed by atoms with Crippen LogP contribution in [0.2, 0.25) is 0 Å². The molecule has 0 fully saturated rings. The second-order valence-corrected chi connectivity index (χ2v) is 5.80. The number of nitriles is 1. The van der Waals surface area contributed by atoms with Crippen molar-refractivity contribution in [1.82, 2.24) is 5.32 Å². The van der Waals surface area contributed by atoms with Crippen molar-refractivity contribution in [3.05, 3.63) is 45.6 Å². The largest absolute Gasteiger partial charge is 0.463 e. The van der Waals surface area contributed by atoms with Gasteiger partial charge in [0, 0.05) is 16.1 Å². The molecule has 2 atom stereocenters. The van der Waals surface area contributed by atoms with Gasteiger partial charge >= 0.3 is 5.97 Å². The Morgan fingerprint density at radius 2 is 2.23 bits per heavy atom. The molecule has 0 saturated carbocycles. The zero-order valence-corrected chi connectivity index (χ0v) is 13.8. The fourth-order valence-electron chi connectivity index (χ4n) is 2.56. The average molecular weight is 363 g/mol. The molecule has 1 N–H and O–H groups in total. The molecule has 1 unspecified atom stereocenters. The van der Waals surface area contributed by atoms with Gasteiger partial charge in [-0.3, -0.25) is 4.79 Å². The van der Waals surface area contributed by atoms with Crippen LogP contribution in [-0.2, 0) is 14.3 Å². The SMILES string of the molecule is CCOC(=O)C1=C(C)NC(=O)C(C#N)[C@H]1c1cccc(Br)c1. The molecule has 1 heterocycles. The lowest BCUT2D eigenvalue weighted by Gasteiger charge is -2.30. The number of hydrogen-bond acceptors (Lipinski definition) is 4. The zero-order valence-electron chi connectivity index (χ0n) is 12.2. The van der Waals surface area contributed by atoms with Gasteiger partial charge in [0.2, 0.25) is 5.91 Å². The monoisotopic (exact) mass is 362 g/mol. The minimum Gasteiger partial charge on any atom is -0.463 e. The maximum atomic E-state index is 12.3. The molecule has 1 aromatic carbocycles. The number of allylic oxidation sites excluding steroid dienone is 1. The van der Waals surface area contributed by atoms with E-state index in [0.29, 0.717) is 11.3 Å². The van der Waals surface area contributed by atoms with Crippen molar-refractivity contribution in [1.29, 1.82) is 5.26 Å². The molecule has 22 heavy (non-hydrogen) atoms. The summed E-state index contributed by atoms with van der Waals surface area (Å²) in [6.45, 7) is 3.58. The van der Waals surface area contributed by atoms with Gasteiger partial charge in [-0.15, -0.1) is 0 Å². The second-order valence-electron chi connectivity index (χ2n) is 4.89. The number of benzene rings is 1. The Balaban J connectivity index is 2.60. The summed E-state index contributed by atoms with van der Waals surface area (Å²) in [7, 11) is 0. The predicted molar refractivity (Wildman–Crippen MR) is 83.5 cm³/mol. The third-order valence-electron chi connectivity index (χ3n) is 3.48. The first kappa shape index (κ1) is 16.2. The van der Waals surface area contributed by atoms with E-state index in [4.69, 9.17) is 4.74 Å². The smallest absolute Gasteiger partial charge is 0.336 e. The van der Waals surface area contributed by atoms with Gasteiger partial charge in [0.15, 0.2) is 0 Å². The van der Waals surface area contributed by atoms with Gasteiger partial charge < -0.3 is 10.1 Å². The topological polar surface area (TPSA) is 79.2 Å². The highest BCUT2D eigenvalue weighted by Crippen LogP contribution is 2.38. The molecule has 1 amide bonds. The van der Waals surface area contributed by atoms with Gasteiger partial charge in [-0.25, -0.2) is 4.79 Å². The van der Waals surface area contributed by atoms with Crippen LogP contribution in [0.3, 0.4) is 0 Å². The molecule has 5 nitrogen and oxygen atoms in total. The molecular formula is C16H15BrN2O3. The number of esters is 1. The van der Waals surface area contributed by atoms with E-state index in [2.05, 4.69) is 21.2 Å². The van der Waals surface area contributed by atoms with Crippen LogP contribution in [0.25, 0.3) is 0 Å². The lowest BCUT2D eigenvalue weighted by atomic mass is 9.77. The molecule has 1 aliphatic rings. The summed E-state index contributed by atoms with van der Waals surface area (Å²) in [4.78, 5) is 24.4. The first-order chi connectivity index (χ1) is 10.5. The van der Waals surface area contributed by atoms with Crippen LogP contribution in [-0.4, -0.2) is 18.5 Å². The maximum Gasteiger partial charge on any atom is 0.336 e. The fraction of sp³-hybridized carbons (Fsp3) is 0.312. The lowest BCUT2D eigenvalue weighted by Crippen LogP contribution is -2.41. The minimum atomic E-state index is -0.975. The summed E-state index contributed by atoms with van der Waals surface area (Å²) in [6.07, 6.45) is 0. The number of halogens is 1. The third-order valence-corrected chi connectivity index (χ3v) is 3.98. The summed E-state index contributed by atoms with van der Waals surface area (Å²) in [5.41, 5.74) is 1.48. The van der Waals surface area contributed by atoms with Gasteiger partial charge in [0.05, 0.1) is 18.2 Å². The van der Waals surface area contributed by atoms with Crippen molar-refractivity contribution >= 4 is 27.8 Å². The van der Waals surface area contributed by atoms with E-state index in [0.717, 1.165) is 10.0 Å². The second kappa shape index (κ2) is 6.75. The number of nitrogens with zero attached hydrogens (tertiary/aromatic N) is 1. The van der Waals surface area contributed by atoms with Gasteiger partial charge in [-0.1, -0.05) is 28.1 Å². The van der Waals surface area contributed by atoms with Crippen LogP contribution in [0.1, 0.15) is 25.3 Å². The molecule has 0 aromatic heterocycles. The first-order valence-electron chi connectivity index (χ1n) is 6.83. The number of carbonyl (C=O) groups excluding carboxylic acids is 2. The van der Waals surface area contributed by atoms with E-state index in [1.165, 1.54) is 0 Å². The number of carbonyl (C=O) groups is 2. The van der Waals surface area contributed by atoms with Crippen molar-refractivity contribution in [2.75, 3.05) is 6.61 Å². The van der Waals surface area contributed by atoms with Crippen LogP contribution in [0, 0.1) is 17.2 Å². The van der Waals surface area contributed by atoms with E-state index in [-0.39, 0.29) is 6.61 Å². The Morgan fingerprint density at radius 3 is 2.82 bits per heavy atom. The number of hydrogen-bond donors (Lipinski definition) is 1. The Bertz CT molecular complexity index is 691. The number of rotatable bonds is 3. The molecule has 2 rings (SSSR count). The number of nitrogens with one attached hydrogen (secondary N) is 1. The molecule has 0 spiro atoms. The Morgan fingerprint density at radius 1 is 1.50 bits per heavy atom. The number of amides is 1. The first-order valence-corrected chi connectivity index (χ1v) is 7.62. The van der Waals surface area contributed by atoms with Gasteiger partial charge in [0.25, 0.3) is 0 Å².